The number of nitrogens with two attached hydrogens (primary N) is 1. The molecule has 0 bridgehead atoms. The van der Waals surface area contributed by atoms with E-state index in [2.05, 4.69) is 36.7 Å². The second-order valence-corrected chi connectivity index (χ2v) is 6.75. The van der Waals surface area contributed by atoms with Gasteiger partial charge in [0.1, 0.15) is 0 Å². The Hall–Kier alpha value is -1.07. The van der Waals surface area contributed by atoms with Crippen LogP contribution in [0.4, 0.5) is 0 Å². The maximum atomic E-state index is 12.0. The highest BCUT2D eigenvalue weighted by molar-refractivity contribution is 9.10. The molecule has 0 amide bonds. The SMILES string of the molecule is CC(C)C(C)C(N)c1cc2c(cc1Br)n(C)c(=O)n2C. The Labute approximate surface area is 127 Å². The first-order valence-corrected chi connectivity index (χ1v) is 7.65. The summed E-state index contributed by atoms with van der Waals surface area (Å²) in [6.07, 6.45) is 0. The van der Waals surface area contributed by atoms with Crippen LogP contribution in [-0.2, 0) is 14.1 Å². The number of aryl methyl sites for hydroxylation is 2. The molecule has 0 spiro atoms. The van der Waals surface area contributed by atoms with Crippen LogP contribution in [0.15, 0.2) is 21.4 Å². The fraction of sp³-hybridized carbons (Fsp3) is 0.533. The van der Waals surface area contributed by atoms with Crippen molar-refractivity contribution in [2.75, 3.05) is 0 Å². The lowest BCUT2D eigenvalue weighted by atomic mass is 9.86. The molecule has 2 unspecified atom stereocenters. The van der Waals surface area contributed by atoms with Crippen LogP contribution >= 0.6 is 15.9 Å². The molecule has 5 heteroatoms. The maximum absolute atomic E-state index is 12.0. The van der Waals surface area contributed by atoms with Crippen molar-refractivity contribution in [2.24, 2.45) is 31.7 Å². The molecule has 1 aromatic heterocycles. The second kappa shape index (κ2) is 5.37. The average Bonchev–Trinajstić information content (AvgIpc) is 2.61. The van der Waals surface area contributed by atoms with E-state index >= 15 is 0 Å². The summed E-state index contributed by atoms with van der Waals surface area (Å²) in [6.45, 7) is 6.51. The fourth-order valence-electron chi connectivity index (χ4n) is 2.49. The van der Waals surface area contributed by atoms with E-state index in [1.807, 2.05) is 12.1 Å². The minimum absolute atomic E-state index is 0.0190. The van der Waals surface area contributed by atoms with Crippen molar-refractivity contribution in [3.8, 4) is 0 Å². The van der Waals surface area contributed by atoms with Crippen LogP contribution in [0.5, 0.6) is 0 Å². The molecule has 0 aliphatic rings. The van der Waals surface area contributed by atoms with E-state index in [1.165, 1.54) is 0 Å². The predicted molar refractivity (Wildman–Crippen MR) is 86.8 cm³/mol. The number of benzene rings is 1. The van der Waals surface area contributed by atoms with Gasteiger partial charge in [-0.25, -0.2) is 4.79 Å². The zero-order valence-electron chi connectivity index (χ0n) is 12.6. The lowest BCUT2D eigenvalue weighted by molar-refractivity contribution is 0.351. The number of nitrogens with zero attached hydrogens (tertiary/aromatic N) is 2. The molecule has 2 atom stereocenters. The third kappa shape index (κ3) is 2.33. The van der Waals surface area contributed by atoms with Gasteiger partial charge in [-0.15, -0.1) is 0 Å². The summed E-state index contributed by atoms with van der Waals surface area (Å²) in [4.78, 5) is 12.0. The van der Waals surface area contributed by atoms with E-state index < -0.39 is 0 Å². The maximum Gasteiger partial charge on any atom is 0.328 e. The van der Waals surface area contributed by atoms with Gasteiger partial charge in [-0.3, -0.25) is 9.13 Å². The van der Waals surface area contributed by atoms with Crippen molar-refractivity contribution in [1.29, 1.82) is 0 Å². The Morgan fingerprint density at radius 2 is 1.60 bits per heavy atom. The molecule has 0 radical (unpaired) electrons. The zero-order valence-corrected chi connectivity index (χ0v) is 14.2. The van der Waals surface area contributed by atoms with Crippen LogP contribution in [0.3, 0.4) is 0 Å². The van der Waals surface area contributed by atoms with Gasteiger partial charge in [0.15, 0.2) is 0 Å². The summed E-state index contributed by atoms with van der Waals surface area (Å²) in [5.41, 5.74) is 9.27. The number of imidazole rings is 1. The Morgan fingerprint density at radius 1 is 1.10 bits per heavy atom. The smallest absolute Gasteiger partial charge is 0.324 e. The molecular formula is C15H22BrN3O. The second-order valence-electron chi connectivity index (χ2n) is 5.89. The number of aromatic nitrogens is 2. The van der Waals surface area contributed by atoms with Crippen molar-refractivity contribution >= 4 is 27.0 Å². The van der Waals surface area contributed by atoms with E-state index in [1.54, 1.807) is 23.2 Å². The normalized spacial score (nSPS) is 15.0. The fourth-order valence-corrected chi connectivity index (χ4v) is 3.08. The minimum atomic E-state index is -0.0518. The molecule has 1 heterocycles. The van der Waals surface area contributed by atoms with Crippen LogP contribution in [0.25, 0.3) is 11.0 Å². The van der Waals surface area contributed by atoms with Gasteiger partial charge in [-0.2, -0.15) is 0 Å². The first-order chi connectivity index (χ1) is 9.25. The van der Waals surface area contributed by atoms with Gasteiger partial charge in [0.2, 0.25) is 0 Å². The van der Waals surface area contributed by atoms with Crippen molar-refractivity contribution in [1.82, 2.24) is 9.13 Å². The molecule has 0 aliphatic heterocycles. The van der Waals surface area contributed by atoms with Crippen molar-refractivity contribution in [2.45, 2.75) is 26.8 Å². The summed E-state index contributed by atoms with van der Waals surface area (Å²) >= 11 is 3.60. The number of rotatable bonds is 3. The molecule has 0 saturated heterocycles. The Balaban J connectivity index is 2.64. The van der Waals surface area contributed by atoms with Crippen molar-refractivity contribution in [3.05, 3.63) is 32.7 Å². The monoisotopic (exact) mass is 339 g/mol. The third-order valence-electron chi connectivity index (χ3n) is 4.37. The van der Waals surface area contributed by atoms with Crippen LogP contribution in [0.2, 0.25) is 0 Å². The number of hydrogen-bond donors (Lipinski definition) is 1. The van der Waals surface area contributed by atoms with Gasteiger partial charge < -0.3 is 5.73 Å². The van der Waals surface area contributed by atoms with Gasteiger partial charge in [0.25, 0.3) is 0 Å². The molecular weight excluding hydrogens is 318 g/mol. The quantitative estimate of drug-likeness (QED) is 0.934. The highest BCUT2D eigenvalue weighted by Gasteiger charge is 2.22. The molecule has 2 rings (SSSR count). The lowest BCUT2D eigenvalue weighted by Gasteiger charge is -2.24. The van der Waals surface area contributed by atoms with E-state index in [0.29, 0.717) is 11.8 Å². The van der Waals surface area contributed by atoms with E-state index in [0.717, 1.165) is 21.1 Å². The average molecular weight is 340 g/mol. The summed E-state index contributed by atoms with van der Waals surface area (Å²) < 4.78 is 4.28. The van der Waals surface area contributed by atoms with Gasteiger partial charge >= 0.3 is 5.69 Å². The van der Waals surface area contributed by atoms with Crippen LogP contribution in [0.1, 0.15) is 32.4 Å². The molecule has 2 aromatic rings. The van der Waals surface area contributed by atoms with Crippen LogP contribution < -0.4 is 11.4 Å². The van der Waals surface area contributed by atoms with Gasteiger partial charge in [0.05, 0.1) is 11.0 Å². The third-order valence-corrected chi connectivity index (χ3v) is 5.05. The van der Waals surface area contributed by atoms with E-state index in [9.17, 15) is 4.79 Å². The summed E-state index contributed by atoms with van der Waals surface area (Å²) in [6, 6.07) is 3.97. The molecule has 0 fully saturated rings. The number of halogens is 1. The van der Waals surface area contributed by atoms with Crippen molar-refractivity contribution < 1.29 is 0 Å². The van der Waals surface area contributed by atoms with Gasteiger partial charge in [0, 0.05) is 24.6 Å². The summed E-state index contributed by atoms with van der Waals surface area (Å²) in [5, 5.41) is 0. The molecule has 0 aliphatic carbocycles. The van der Waals surface area contributed by atoms with Crippen molar-refractivity contribution in [3.63, 3.8) is 0 Å². The first kappa shape index (κ1) is 15.3. The highest BCUT2D eigenvalue weighted by atomic mass is 79.9. The molecule has 20 heavy (non-hydrogen) atoms. The van der Waals surface area contributed by atoms with Crippen LogP contribution in [0, 0.1) is 11.8 Å². The van der Waals surface area contributed by atoms with E-state index in [-0.39, 0.29) is 11.7 Å². The number of fused-ring (bicyclic) bond motifs is 1. The lowest BCUT2D eigenvalue weighted by Crippen LogP contribution is -2.23. The minimum Gasteiger partial charge on any atom is -0.324 e. The largest absolute Gasteiger partial charge is 0.328 e. The van der Waals surface area contributed by atoms with Crippen LogP contribution in [-0.4, -0.2) is 9.13 Å². The summed E-state index contributed by atoms with van der Waals surface area (Å²) in [5.74, 6) is 0.872. The predicted octanol–water partition coefficient (Wildman–Crippen LogP) is 2.93. The number of hydrogen-bond acceptors (Lipinski definition) is 2. The first-order valence-electron chi connectivity index (χ1n) is 6.86. The molecule has 2 N–H and O–H groups in total. The molecule has 0 saturated carbocycles. The van der Waals surface area contributed by atoms with Gasteiger partial charge in [-0.1, -0.05) is 36.7 Å². The van der Waals surface area contributed by atoms with Gasteiger partial charge in [-0.05, 0) is 29.5 Å². The zero-order chi connectivity index (χ0) is 15.2. The Bertz CT molecular complexity index is 699. The molecule has 1 aromatic carbocycles. The highest BCUT2D eigenvalue weighted by Crippen LogP contribution is 2.33. The topological polar surface area (TPSA) is 52.9 Å². The molecule has 4 nitrogen and oxygen atoms in total. The Morgan fingerprint density at radius 3 is 2.10 bits per heavy atom. The van der Waals surface area contributed by atoms with E-state index in [4.69, 9.17) is 5.73 Å². The molecule has 110 valence electrons. The Kier molecular flexibility index (Phi) is 4.12. The summed E-state index contributed by atoms with van der Waals surface area (Å²) in [7, 11) is 3.58. The standard InChI is InChI=1S/C15H22BrN3O/c1-8(2)9(3)14(17)10-6-12-13(7-11(10)16)19(5)15(20)18(12)4/h6-9,14H,17H2,1-5H3.